The molecule has 1 unspecified atom stereocenters. The van der Waals surface area contributed by atoms with Crippen LogP contribution in [0.4, 0.5) is 16.5 Å². The number of hydrogen-bond donors (Lipinski definition) is 2. The van der Waals surface area contributed by atoms with Crippen molar-refractivity contribution in [1.29, 1.82) is 0 Å². The maximum absolute atomic E-state index is 12.1. The summed E-state index contributed by atoms with van der Waals surface area (Å²) in [5, 5.41) is 5.44. The van der Waals surface area contributed by atoms with E-state index in [0.717, 1.165) is 29.9 Å². The van der Waals surface area contributed by atoms with Gasteiger partial charge in [-0.25, -0.2) is 4.79 Å². The number of nitrogens with one attached hydrogen (secondary N) is 2. The number of carbonyl (C=O) groups excluding carboxylic acids is 2. The summed E-state index contributed by atoms with van der Waals surface area (Å²) < 4.78 is 5.34. The van der Waals surface area contributed by atoms with Gasteiger partial charge in [0.2, 0.25) is 5.91 Å². The molecule has 1 atom stereocenters. The van der Waals surface area contributed by atoms with Crippen molar-refractivity contribution < 1.29 is 14.0 Å². The third kappa shape index (κ3) is 3.81. The number of anilines is 2. The summed E-state index contributed by atoms with van der Waals surface area (Å²) in [5.41, 5.74) is 2.53. The van der Waals surface area contributed by atoms with Gasteiger partial charge in [-0.1, -0.05) is 12.1 Å². The zero-order valence-corrected chi connectivity index (χ0v) is 14.6. The third-order valence-electron chi connectivity index (χ3n) is 4.35. The summed E-state index contributed by atoms with van der Waals surface area (Å²) in [6, 6.07) is 7.23. The summed E-state index contributed by atoms with van der Waals surface area (Å²) in [7, 11) is 0. The first-order valence-electron chi connectivity index (χ1n) is 8.36. The van der Waals surface area contributed by atoms with Crippen molar-refractivity contribution in [3.8, 4) is 0 Å². The van der Waals surface area contributed by atoms with Crippen LogP contribution in [0, 0.1) is 13.8 Å². The highest BCUT2D eigenvalue weighted by molar-refractivity contribution is 5.95. The number of carbonyl (C=O) groups is 2. The fourth-order valence-electron chi connectivity index (χ4n) is 2.82. The molecule has 132 valence electrons. The lowest BCUT2D eigenvalue weighted by Crippen LogP contribution is -2.31. The standard InChI is InChI=1S/C18H22N4O3/c1-11-13(3)25-18(20-11)21-17(24)19-12(2)14-6-4-7-15(10-14)22-9-5-8-16(22)23/h4,6-7,10,12H,5,8-9H2,1-3H3,(H2,19,20,21,24). The van der Waals surface area contributed by atoms with Crippen molar-refractivity contribution in [2.75, 3.05) is 16.8 Å². The van der Waals surface area contributed by atoms with E-state index in [-0.39, 0.29) is 18.0 Å². The molecule has 1 fully saturated rings. The highest BCUT2D eigenvalue weighted by Gasteiger charge is 2.22. The molecule has 0 bridgehead atoms. The van der Waals surface area contributed by atoms with Crippen molar-refractivity contribution >= 4 is 23.6 Å². The van der Waals surface area contributed by atoms with E-state index in [2.05, 4.69) is 15.6 Å². The van der Waals surface area contributed by atoms with E-state index < -0.39 is 6.03 Å². The molecule has 25 heavy (non-hydrogen) atoms. The van der Waals surface area contributed by atoms with Gasteiger partial charge in [-0.2, -0.15) is 4.98 Å². The first kappa shape index (κ1) is 17.0. The number of aryl methyl sites for hydroxylation is 2. The van der Waals surface area contributed by atoms with Crippen molar-refractivity contribution in [2.24, 2.45) is 0 Å². The minimum atomic E-state index is -0.392. The van der Waals surface area contributed by atoms with Crippen LogP contribution in [-0.4, -0.2) is 23.5 Å². The molecule has 0 aliphatic carbocycles. The molecule has 7 nitrogen and oxygen atoms in total. The molecule has 1 aromatic heterocycles. The number of rotatable bonds is 4. The fraction of sp³-hybridized carbons (Fsp3) is 0.389. The number of aromatic nitrogens is 1. The maximum Gasteiger partial charge on any atom is 0.323 e. The van der Waals surface area contributed by atoms with Gasteiger partial charge in [0.15, 0.2) is 0 Å². The number of benzene rings is 1. The average molecular weight is 342 g/mol. The first-order chi connectivity index (χ1) is 11.9. The van der Waals surface area contributed by atoms with Crippen molar-refractivity contribution in [3.63, 3.8) is 0 Å². The SMILES string of the molecule is Cc1nc(NC(=O)NC(C)c2cccc(N3CCCC3=O)c2)oc1C. The molecule has 0 spiro atoms. The molecule has 3 rings (SSSR count). The Bertz CT molecular complexity index is 780. The predicted octanol–water partition coefficient (Wildman–Crippen LogP) is 3.30. The first-order valence-corrected chi connectivity index (χ1v) is 8.36. The Kier molecular flexibility index (Phi) is 4.74. The van der Waals surface area contributed by atoms with Crippen LogP contribution >= 0.6 is 0 Å². The van der Waals surface area contributed by atoms with Crippen LogP contribution in [0.1, 0.15) is 42.8 Å². The topological polar surface area (TPSA) is 87.5 Å². The largest absolute Gasteiger partial charge is 0.428 e. The number of amides is 3. The lowest BCUT2D eigenvalue weighted by Gasteiger charge is -2.19. The molecule has 1 aromatic carbocycles. The third-order valence-corrected chi connectivity index (χ3v) is 4.35. The molecule has 7 heteroatoms. The Morgan fingerprint density at radius 1 is 1.36 bits per heavy atom. The van der Waals surface area contributed by atoms with Gasteiger partial charge in [-0.05, 0) is 44.9 Å². The zero-order chi connectivity index (χ0) is 18.0. The summed E-state index contributed by atoms with van der Waals surface area (Å²) in [5.74, 6) is 0.816. The molecule has 0 radical (unpaired) electrons. The lowest BCUT2D eigenvalue weighted by atomic mass is 10.1. The van der Waals surface area contributed by atoms with E-state index >= 15 is 0 Å². The fourth-order valence-corrected chi connectivity index (χ4v) is 2.82. The second-order valence-corrected chi connectivity index (χ2v) is 6.22. The van der Waals surface area contributed by atoms with E-state index in [1.165, 1.54) is 0 Å². The Morgan fingerprint density at radius 3 is 2.80 bits per heavy atom. The quantitative estimate of drug-likeness (QED) is 0.892. The Hall–Kier alpha value is -2.83. The second-order valence-electron chi connectivity index (χ2n) is 6.22. The van der Waals surface area contributed by atoms with Gasteiger partial charge in [0, 0.05) is 18.7 Å². The van der Waals surface area contributed by atoms with Gasteiger partial charge in [0.05, 0.1) is 11.7 Å². The summed E-state index contributed by atoms with van der Waals surface area (Å²) in [6.45, 7) is 6.24. The van der Waals surface area contributed by atoms with Crippen LogP contribution in [0.5, 0.6) is 0 Å². The number of hydrogen-bond acceptors (Lipinski definition) is 4. The second kappa shape index (κ2) is 6.96. The molecule has 2 aromatic rings. The molecule has 1 aliphatic heterocycles. The smallest absolute Gasteiger partial charge is 0.323 e. The van der Waals surface area contributed by atoms with Crippen LogP contribution in [0.25, 0.3) is 0 Å². The van der Waals surface area contributed by atoms with Crippen LogP contribution in [0.15, 0.2) is 28.7 Å². The minimum absolute atomic E-state index is 0.144. The van der Waals surface area contributed by atoms with Crippen molar-refractivity contribution in [2.45, 2.75) is 39.7 Å². The highest BCUT2D eigenvalue weighted by Crippen LogP contribution is 2.24. The summed E-state index contributed by atoms with van der Waals surface area (Å²) in [6.07, 6.45) is 1.48. The van der Waals surface area contributed by atoms with Crippen LogP contribution in [0.2, 0.25) is 0 Å². The predicted molar refractivity (Wildman–Crippen MR) is 94.6 cm³/mol. The minimum Gasteiger partial charge on any atom is -0.428 e. The summed E-state index contributed by atoms with van der Waals surface area (Å²) in [4.78, 5) is 29.9. The van der Waals surface area contributed by atoms with Gasteiger partial charge in [-0.3, -0.25) is 10.1 Å². The van der Waals surface area contributed by atoms with Gasteiger partial charge in [-0.15, -0.1) is 0 Å². The zero-order valence-electron chi connectivity index (χ0n) is 14.6. The van der Waals surface area contributed by atoms with E-state index in [1.54, 1.807) is 11.8 Å². The van der Waals surface area contributed by atoms with Crippen LogP contribution in [0.3, 0.4) is 0 Å². The molecule has 1 saturated heterocycles. The van der Waals surface area contributed by atoms with Gasteiger partial charge < -0.3 is 14.6 Å². The molecule has 0 saturated carbocycles. The highest BCUT2D eigenvalue weighted by atomic mass is 16.4. The normalized spacial score (nSPS) is 15.3. The number of urea groups is 1. The maximum atomic E-state index is 12.1. The molecule has 2 N–H and O–H groups in total. The van der Waals surface area contributed by atoms with Gasteiger partial charge in [0.1, 0.15) is 5.76 Å². The van der Waals surface area contributed by atoms with Crippen LogP contribution < -0.4 is 15.5 Å². The number of oxazole rings is 1. The van der Waals surface area contributed by atoms with Crippen LogP contribution in [-0.2, 0) is 4.79 Å². The monoisotopic (exact) mass is 342 g/mol. The van der Waals surface area contributed by atoms with Crippen molar-refractivity contribution in [1.82, 2.24) is 10.3 Å². The lowest BCUT2D eigenvalue weighted by molar-refractivity contribution is -0.117. The molecule has 3 amide bonds. The Morgan fingerprint density at radius 2 is 2.16 bits per heavy atom. The van der Waals surface area contributed by atoms with Gasteiger partial charge in [0.25, 0.3) is 0 Å². The average Bonchev–Trinajstić information content (AvgIpc) is 3.13. The van der Waals surface area contributed by atoms with E-state index in [0.29, 0.717) is 12.2 Å². The Labute approximate surface area is 146 Å². The molecular weight excluding hydrogens is 320 g/mol. The van der Waals surface area contributed by atoms with Gasteiger partial charge >= 0.3 is 12.0 Å². The van der Waals surface area contributed by atoms with Crippen molar-refractivity contribution in [3.05, 3.63) is 41.3 Å². The summed E-state index contributed by atoms with van der Waals surface area (Å²) >= 11 is 0. The van der Waals surface area contributed by atoms with E-state index in [1.807, 2.05) is 38.1 Å². The molecular formula is C18H22N4O3. The molecule has 1 aliphatic rings. The Balaban J connectivity index is 1.65. The van der Waals surface area contributed by atoms with E-state index in [9.17, 15) is 9.59 Å². The van der Waals surface area contributed by atoms with E-state index in [4.69, 9.17) is 4.42 Å². The number of nitrogens with zero attached hydrogens (tertiary/aromatic N) is 2. The molecule has 2 heterocycles.